The number of carbonyl (C=O) groups excluding carboxylic acids is 2. The minimum absolute atomic E-state index is 0.0189. The Morgan fingerprint density at radius 1 is 1.02 bits per heavy atom. The zero-order chi connectivity index (χ0) is 30.5. The molecule has 7 rings (SSSR count). The van der Waals surface area contributed by atoms with Gasteiger partial charge in [-0.05, 0) is 85.8 Å². The highest BCUT2D eigenvalue weighted by Crippen LogP contribution is 2.72. The van der Waals surface area contributed by atoms with E-state index in [4.69, 9.17) is 18.9 Å². The van der Waals surface area contributed by atoms with Crippen LogP contribution in [0.4, 0.5) is 0 Å². The molecule has 0 aromatic heterocycles. The van der Waals surface area contributed by atoms with Crippen LogP contribution in [0, 0.1) is 34.5 Å². The van der Waals surface area contributed by atoms with E-state index in [9.17, 15) is 14.7 Å². The molecule has 5 aliphatic rings. The number of rotatable bonds is 4. The Labute approximate surface area is 252 Å². The Hall–Kier alpha value is -3.26. The van der Waals surface area contributed by atoms with Crippen molar-refractivity contribution in [3.8, 4) is 11.5 Å². The summed E-state index contributed by atoms with van der Waals surface area (Å²) >= 11 is 0. The molecule has 2 aromatic rings. The number of fused-ring (bicyclic) bond motifs is 5. The van der Waals surface area contributed by atoms with Crippen molar-refractivity contribution < 1.29 is 33.6 Å². The molecule has 1 aliphatic heterocycles. The highest BCUT2D eigenvalue weighted by Gasteiger charge is 2.77. The van der Waals surface area contributed by atoms with Crippen molar-refractivity contribution >= 4 is 11.8 Å². The van der Waals surface area contributed by atoms with Crippen molar-refractivity contribution in [3.63, 3.8) is 0 Å². The Bertz CT molecular complexity index is 1550. The number of hydrogen-bond donors (Lipinski definition) is 1. The number of hydrogen-bond acceptors (Lipinski definition) is 7. The second-order valence-electron chi connectivity index (χ2n) is 14.2. The molecule has 0 amide bonds. The lowest BCUT2D eigenvalue weighted by molar-refractivity contribution is -0.302. The highest BCUT2D eigenvalue weighted by molar-refractivity contribution is 5.96. The normalized spacial score (nSPS) is 38.3. The molecule has 8 atom stereocenters. The molecule has 7 nitrogen and oxygen atoms in total. The third-order valence-electron chi connectivity index (χ3n) is 11.0. The first-order chi connectivity index (χ1) is 20.3. The van der Waals surface area contributed by atoms with Crippen LogP contribution in [0.3, 0.4) is 0 Å². The van der Waals surface area contributed by atoms with E-state index in [-0.39, 0.29) is 41.1 Å². The van der Waals surface area contributed by atoms with Crippen molar-refractivity contribution in [2.45, 2.75) is 71.6 Å². The van der Waals surface area contributed by atoms with Gasteiger partial charge in [0.25, 0.3) is 0 Å². The van der Waals surface area contributed by atoms with Crippen LogP contribution < -0.4 is 4.74 Å². The van der Waals surface area contributed by atoms with Crippen LogP contribution in [-0.2, 0) is 19.0 Å². The number of carbonyl (C=O) groups is 2. The van der Waals surface area contributed by atoms with Gasteiger partial charge in [0.2, 0.25) is 0 Å². The van der Waals surface area contributed by atoms with E-state index in [2.05, 4.69) is 20.8 Å². The molecule has 2 bridgehead atoms. The lowest BCUT2D eigenvalue weighted by Crippen LogP contribution is -2.68. The monoisotopic (exact) mass is 584 g/mol. The van der Waals surface area contributed by atoms with Gasteiger partial charge in [-0.25, -0.2) is 4.79 Å². The van der Waals surface area contributed by atoms with Gasteiger partial charge in [0.05, 0.1) is 12.0 Å². The number of benzene rings is 2. The van der Waals surface area contributed by atoms with Crippen molar-refractivity contribution in [1.82, 2.24) is 0 Å². The molecule has 7 heteroatoms. The predicted molar refractivity (Wildman–Crippen MR) is 159 cm³/mol. The molecule has 3 fully saturated rings. The summed E-state index contributed by atoms with van der Waals surface area (Å²) in [5.74, 6) is -0.827. The minimum Gasteiger partial charge on any atom is -0.456 e. The largest absolute Gasteiger partial charge is 0.456 e. The van der Waals surface area contributed by atoms with Gasteiger partial charge in [-0.2, -0.15) is 0 Å². The third kappa shape index (κ3) is 3.97. The summed E-state index contributed by atoms with van der Waals surface area (Å²) in [4.78, 5) is 28.9. The summed E-state index contributed by atoms with van der Waals surface area (Å²) in [6.07, 6.45) is 2.66. The molecule has 43 heavy (non-hydrogen) atoms. The molecule has 1 saturated heterocycles. The van der Waals surface area contributed by atoms with E-state index in [1.54, 1.807) is 24.3 Å². The first-order valence-corrected chi connectivity index (χ1v) is 15.3. The Morgan fingerprint density at radius 2 is 1.72 bits per heavy atom. The van der Waals surface area contributed by atoms with Gasteiger partial charge < -0.3 is 24.1 Å². The van der Waals surface area contributed by atoms with Gasteiger partial charge in [0.1, 0.15) is 23.2 Å². The lowest BCUT2D eigenvalue weighted by atomic mass is 9.59. The molecule has 4 aliphatic carbocycles. The third-order valence-corrected chi connectivity index (χ3v) is 11.0. The van der Waals surface area contributed by atoms with E-state index < -0.39 is 35.0 Å². The van der Waals surface area contributed by atoms with Crippen LogP contribution in [0.1, 0.15) is 58.3 Å². The van der Waals surface area contributed by atoms with Crippen LogP contribution in [0.25, 0.3) is 0 Å². The Kier molecular flexibility index (Phi) is 6.21. The van der Waals surface area contributed by atoms with Crippen molar-refractivity contribution in [2.24, 2.45) is 34.5 Å². The molecule has 0 radical (unpaired) electrons. The smallest absolute Gasteiger partial charge is 0.342 e. The zero-order valence-electron chi connectivity index (χ0n) is 25.6. The highest BCUT2D eigenvalue weighted by atomic mass is 16.7. The predicted octanol–water partition coefficient (Wildman–Crippen LogP) is 6.27. The lowest BCUT2D eigenvalue weighted by Gasteiger charge is -2.52. The summed E-state index contributed by atoms with van der Waals surface area (Å²) in [5, 5.41) is 13.2. The first kappa shape index (κ1) is 28.5. The van der Waals surface area contributed by atoms with Crippen molar-refractivity contribution in [3.05, 3.63) is 83.5 Å². The van der Waals surface area contributed by atoms with E-state index >= 15 is 0 Å². The van der Waals surface area contributed by atoms with Crippen molar-refractivity contribution in [1.29, 1.82) is 0 Å². The Morgan fingerprint density at radius 3 is 2.47 bits per heavy atom. The molecule has 2 aromatic carbocycles. The van der Waals surface area contributed by atoms with Crippen LogP contribution in [0.5, 0.6) is 11.5 Å². The number of allylic oxidation sites excluding steroid dienone is 1. The van der Waals surface area contributed by atoms with Gasteiger partial charge in [0, 0.05) is 5.92 Å². The second kappa shape index (κ2) is 9.37. The molecular weight excluding hydrogens is 544 g/mol. The number of esters is 1. The summed E-state index contributed by atoms with van der Waals surface area (Å²) < 4.78 is 25.0. The van der Waals surface area contributed by atoms with E-state index in [0.717, 1.165) is 12.0 Å². The van der Waals surface area contributed by atoms with Gasteiger partial charge in [-0.15, -0.1) is 0 Å². The average molecular weight is 585 g/mol. The average Bonchev–Trinajstić information content (AvgIpc) is 3.46. The Balaban J connectivity index is 1.32. The summed E-state index contributed by atoms with van der Waals surface area (Å²) in [6.45, 7) is 12.2. The summed E-state index contributed by atoms with van der Waals surface area (Å²) in [6, 6.07) is 16.1. The number of ketones is 1. The molecule has 2 saturated carbocycles. The van der Waals surface area contributed by atoms with E-state index in [0.29, 0.717) is 23.0 Å². The molecule has 1 spiro atoms. The maximum atomic E-state index is 14.9. The zero-order valence-corrected chi connectivity index (χ0v) is 25.6. The van der Waals surface area contributed by atoms with Gasteiger partial charge in [0.15, 0.2) is 23.3 Å². The first-order valence-electron chi connectivity index (χ1n) is 15.3. The number of aliphatic hydroxyl groups is 1. The molecule has 1 N–H and O–H groups in total. The van der Waals surface area contributed by atoms with Crippen LogP contribution in [0.2, 0.25) is 0 Å². The van der Waals surface area contributed by atoms with Crippen LogP contribution >= 0.6 is 0 Å². The standard InChI is InChI=1S/C36H40O7/c1-20-18-35-21(2)16-26-28(33(26,3)4)25(29(35)37)17-22-19-40-34(5,6)43-31(22)36(35,39)30(20)42-32(38)24-14-10-11-15-27(24)41-23-12-8-7-9-13-23/h7-15,17-18,21,25-26,28,30-31,39H,16,19H2,1-6H3/t21-,25+,26-,28+,30+,31-,35+,36-/m1/s1. The fourth-order valence-corrected chi connectivity index (χ4v) is 8.81. The molecule has 1 heterocycles. The number of ether oxygens (including phenoxy) is 4. The number of Topliss-reactive ketones (excluding diaryl/α,β-unsaturated/α-hetero) is 1. The number of para-hydroxylation sites is 2. The second-order valence-corrected chi connectivity index (χ2v) is 14.2. The van der Waals surface area contributed by atoms with Crippen LogP contribution in [0.15, 0.2) is 77.9 Å². The minimum atomic E-state index is -1.87. The maximum absolute atomic E-state index is 14.9. The molecular formula is C36H40O7. The molecule has 0 unspecified atom stereocenters. The van der Waals surface area contributed by atoms with Gasteiger partial charge in [-0.1, -0.05) is 63.3 Å². The summed E-state index contributed by atoms with van der Waals surface area (Å²) in [7, 11) is 0. The van der Waals surface area contributed by atoms with Crippen LogP contribution in [-0.4, -0.2) is 47.1 Å². The topological polar surface area (TPSA) is 91.3 Å². The fourth-order valence-electron chi connectivity index (χ4n) is 8.81. The summed E-state index contributed by atoms with van der Waals surface area (Å²) in [5.41, 5.74) is -1.56. The fraction of sp³-hybridized carbons (Fsp3) is 0.500. The van der Waals surface area contributed by atoms with Gasteiger partial charge >= 0.3 is 5.97 Å². The SMILES string of the molecule is CC1=C[C@]23C(=O)[C@@H](C=C4COC(C)(C)O[C@H]4[C@]2(O)[C@H]1OC(=O)c1ccccc1Oc1ccccc1)[C@H]1[C@@H](C[C@H]3C)C1(C)C. The molecule has 226 valence electrons. The van der Waals surface area contributed by atoms with Gasteiger partial charge in [-0.3, -0.25) is 4.79 Å². The van der Waals surface area contributed by atoms with Crippen molar-refractivity contribution in [2.75, 3.05) is 6.61 Å². The maximum Gasteiger partial charge on any atom is 0.342 e. The quantitative estimate of drug-likeness (QED) is 0.335. The van der Waals surface area contributed by atoms with E-state index in [1.165, 1.54) is 0 Å². The van der Waals surface area contributed by atoms with E-state index in [1.807, 2.05) is 63.3 Å².